The summed E-state index contributed by atoms with van der Waals surface area (Å²) >= 11 is -4.08. The average molecular weight is 816 g/mol. The maximum atomic E-state index is 14.6. The van der Waals surface area contributed by atoms with Gasteiger partial charge >= 0.3 is 271 Å². The molecule has 2 aromatic carbocycles. The molecule has 0 atom stereocenters. The summed E-state index contributed by atoms with van der Waals surface area (Å²) in [6.45, 7) is 1.59. The van der Waals surface area contributed by atoms with Gasteiger partial charge in [-0.05, 0) is 0 Å². The first-order valence-electron chi connectivity index (χ1n) is 14.6. The third kappa shape index (κ3) is 7.07. The van der Waals surface area contributed by atoms with Gasteiger partial charge in [0.2, 0.25) is 0 Å². The second kappa shape index (κ2) is 13.3. The van der Waals surface area contributed by atoms with E-state index >= 15 is 0 Å². The summed E-state index contributed by atoms with van der Waals surface area (Å²) in [4.78, 5) is 2.09. The molecule has 1 saturated heterocycles. The first kappa shape index (κ1) is 42.1. The zero-order chi connectivity index (χ0) is 38.6. The Bertz CT molecular complexity index is 1450. The van der Waals surface area contributed by atoms with Gasteiger partial charge in [0, 0.05) is 0 Å². The standard InChI is InChI=1S/C30H30F17GeNO/c1-48(2,21-10-8-20(9-11-21)22(50)13-16-49(17-14-22)18-19-6-4-3-5-7-19)15-12-23(31,32)24(33,34)25(35,36)26(37,38)27(39,40)28(41,42)29(43,44)30(45,46)47/h3-11,50H,12-18H2,1-2H3. The maximum absolute atomic E-state index is 14.6. The van der Waals surface area contributed by atoms with Crippen LogP contribution in [0.25, 0.3) is 0 Å². The van der Waals surface area contributed by atoms with Crippen molar-refractivity contribution in [3.05, 3.63) is 65.7 Å². The molecule has 0 spiro atoms. The molecule has 0 amide bonds. The van der Waals surface area contributed by atoms with Crippen molar-refractivity contribution >= 4 is 17.7 Å². The Morgan fingerprint density at radius 3 is 1.46 bits per heavy atom. The number of piperidine rings is 1. The van der Waals surface area contributed by atoms with Crippen molar-refractivity contribution in [2.45, 2.75) is 95.8 Å². The molecule has 20 heteroatoms. The molecule has 2 nitrogen and oxygen atoms in total. The molecule has 1 heterocycles. The summed E-state index contributed by atoms with van der Waals surface area (Å²) in [6.07, 6.45) is -9.65. The van der Waals surface area contributed by atoms with Crippen LogP contribution in [0.3, 0.4) is 0 Å². The monoisotopic (exact) mass is 817 g/mol. The summed E-state index contributed by atoms with van der Waals surface area (Å²) in [7, 11) is 0. The predicted octanol–water partition coefficient (Wildman–Crippen LogP) is 9.49. The van der Waals surface area contributed by atoms with Crippen molar-refractivity contribution in [2.75, 3.05) is 13.1 Å². The summed E-state index contributed by atoms with van der Waals surface area (Å²) in [5, 5.41) is 10.1. The fourth-order valence-corrected chi connectivity index (χ4v) is 10.2. The van der Waals surface area contributed by atoms with E-state index in [1.54, 1.807) is 0 Å². The summed E-state index contributed by atoms with van der Waals surface area (Å²) in [5.74, 6) is -53.7. The molecule has 0 unspecified atom stereocenters. The molecule has 0 bridgehead atoms. The van der Waals surface area contributed by atoms with Crippen LogP contribution in [-0.4, -0.2) is 84.0 Å². The molecule has 0 radical (unpaired) electrons. The number of alkyl halides is 17. The van der Waals surface area contributed by atoms with E-state index in [1.165, 1.54) is 35.8 Å². The van der Waals surface area contributed by atoms with Crippen LogP contribution < -0.4 is 4.40 Å². The number of hydrogen-bond acceptors (Lipinski definition) is 2. The van der Waals surface area contributed by atoms with Crippen LogP contribution in [0.2, 0.25) is 16.8 Å². The zero-order valence-electron chi connectivity index (χ0n) is 26.0. The Kier molecular flexibility index (Phi) is 11.2. The molecule has 1 aliphatic rings. The van der Waals surface area contributed by atoms with Gasteiger partial charge in [-0.15, -0.1) is 0 Å². The zero-order valence-corrected chi connectivity index (χ0v) is 28.1. The quantitative estimate of drug-likeness (QED) is 0.161. The molecule has 284 valence electrons. The fourth-order valence-electron chi connectivity index (χ4n) is 5.41. The van der Waals surface area contributed by atoms with Crippen molar-refractivity contribution in [1.29, 1.82) is 0 Å². The number of halogens is 17. The number of hydrogen-bond donors (Lipinski definition) is 1. The fraction of sp³-hybridized carbons (Fsp3) is 0.600. The number of benzene rings is 2. The van der Waals surface area contributed by atoms with Crippen LogP contribution >= 0.6 is 0 Å². The Labute approximate surface area is 277 Å². The van der Waals surface area contributed by atoms with Gasteiger partial charge in [-0.2, -0.15) is 0 Å². The topological polar surface area (TPSA) is 23.5 Å². The molecule has 1 N–H and O–H groups in total. The van der Waals surface area contributed by atoms with Gasteiger partial charge in [-0.3, -0.25) is 0 Å². The van der Waals surface area contributed by atoms with E-state index in [4.69, 9.17) is 0 Å². The van der Waals surface area contributed by atoms with Crippen LogP contribution in [0.15, 0.2) is 54.6 Å². The van der Waals surface area contributed by atoms with E-state index in [-0.39, 0.29) is 17.2 Å². The minimum atomic E-state index is -8.64. The first-order valence-corrected chi connectivity index (χ1v) is 21.4. The number of nitrogens with zero attached hydrogens (tertiary/aromatic N) is 1. The van der Waals surface area contributed by atoms with Gasteiger partial charge in [0.15, 0.2) is 0 Å². The second-order valence-corrected chi connectivity index (χ2v) is 23.1. The van der Waals surface area contributed by atoms with Crippen molar-refractivity contribution in [3.63, 3.8) is 0 Å². The van der Waals surface area contributed by atoms with Gasteiger partial charge in [-0.1, -0.05) is 6.07 Å². The van der Waals surface area contributed by atoms with Crippen LogP contribution in [0.4, 0.5) is 74.6 Å². The van der Waals surface area contributed by atoms with Crippen LogP contribution in [0.1, 0.15) is 30.4 Å². The van der Waals surface area contributed by atoms with E-state index in [0.717, 1.165) is 5.56 Å². The Balaban J connectivity index is 1.76. The van der Waals surface area contributed by atoms with Crippen molar-refractivity contribution in [1.82, 2.24) is 4.90 Å². The molecule has 0 aliphatic carbocycles. The number of likely N-dealkylation sites (tertiary alicyclic amines) is 1. The molecule has 50 heavy (non-hydrogen) atoms. The SMILES string of the molecule is [CH3][Ge]([CH3])([CH2]CC(F)(F)C(F)(F)C(F)(F)C(F)(F)C(F)(F)C(F)(F)C(F)(F)C(F)(F)F)[c]1ccc(C2(O)CCN(Cc3ccccc3)CC2)cc1. The summed E-state index contributed by atoms with van der Waals surface area (Å²) in [6, 6.07) is 14.9. The van der Waals surface area contributed by atoms with Crippen LogP contribution in [-0.2, 0) is 12.1 Å². The third-order valence-corrected chi connectivity index (χ3v) is 16.1. The first-order chi connectivity index (χ1) is 22.3. The molecule has 1 fully saturated rings. The summed E-state index contributed by atoms with van der Waals surface area (Å²) < 4.78 is 232. The van der Waals surface area contributed by atoms with Gasteiger partial charge in [0.1, 0.15) is 0 Å². The van der Waals surface area contributed by atoms with Gasteiger partial charge in [-0.25, -0.2) is 0 Å². The molecule has 2 aromatic rings. The van der Waals surface area contributed by atoms with Gasteiger partial charge in [0.05, 0.1) is 0 Å². The minimum absolute atomic E-state index is 0.232. The number of rotatable bonds is 13. The van der Waals surface area contributed by atoms with E-state index in [2.05, 4.69) is 4.90 Å². The second-order valence-electron chi connectivity index (χ2n) is 12.9. The van der Waals surface area contributed by atoms with E-state index in [9.17, 15) is 79.7 Å². The molecule has 0 saturated carbocycles. The Morgan fingerprint density at radius 2 is 1.02 bits per heavy atom. The Morgan fingerprint density at radius 1 is 0.600 bits per heavy atom. The molecule has 1 aliphatic heterocycles. The van der Waals surface area contributed by atoms with Crippen LogP contribution in [0.5, 0.6) is 0 Å². The molecular weight excluding hydrogens is 786 g/mol. The third-order valence-electron chi connectivity index (χ3n) is 8.99. The van der Waals surface area contributed by atoms with Gasteiger partial charge in [0.25, 0.3) is 0 Å². The normalized spacial score (nSPS) is 18.0. The Hall–Kier alpha value is -2.29. The van der Waals surface area contributed by atoms with Crippen molar-refractivity contribution < 1.29 is 79.7 Å². The van der Waals surface area contributed by atoms with Crippen molar-refractivity contribution in [3.8, 4) is 0 Å². The van der Waals surface area contributed by atoms with E-state index in [0.29, 0.717) is 25.2 Å². The average Bonchev–Trinajstić information content (AvgIpc) is 3.01. The van der Waals surface area contributed by atoms with Crippen molar-refractivity contribution in [2.24, 2.45) is 0 Å². The molecule has 3 rings (SSSR count). The van der Waals surface area contributed by atoms with Crippen LogP contribution in [0, 0.1) is 0 Å². The molecule has 0 aromatic heterocycles. The van der Waals surface area contributed by atoms with Gasteiger partial charge < -0.3 is 0 Å². The molecular formula is C30H30F17GeNO. The summed E-state index contributed by atoms with van der Waals surface area (Å²) in [5.41, 5.74) is 0.117. The number of aliphatic hydroxyl groups is 1. The van der Waals surface area contributed by atoms with E-state index < -0.39 is 78.2 Å². The predicted molar refractivity (Wildman–Crippen MR) is 149 cm³/mol. The van der Waals surface area contributed by atoms with E-state index in [1.807, 2.05) is 30.3 Å².